The highest BCUT2D eigenvalue weighted by atomic mass is 16.5. The van der Waals surface area contributed by atoms with E-state index in [0.29, 0.717) is 13.0 Å². The summed E-state index contributed by atoms with van der Waals surface area (Å²) in [5.74, 6) is -0.0849. The normalized spacial score (nSPS) is 11.2. The van der Waals surface area contributed by atoms with Gasteiger partial charge in [-0.05, 0) is 32.8 Å². The van der Waals surface area contributed by atoms with Crippen molar-refractivity contribution in [3.63, 3.8) is 0 Å². The van der Waals surface area contributed by atoms with Gasteiger partial charge >= 0.3 is 5.97 Å². The minimum Gasteiger partial charge on any atom is -0.464 e. The number of amides is 1. The van der Waals surface area contributed by atoms with Gasteiger partial charge in [0.2, 0.25) is 5.91 Å². The highest BCUT2D eigenvalue weighted by Crippen LogP contribution is 2.13. The Labute approximate surface area is 110 Å². The van der Waals surface area contributed by atoms with E-state index in [9.17, 15) is 9.59 Å². The summed E-state index contributed by atoms with van der Waals surface area (Å²) in [7, 11) is 0. The van der Waals surface area contributed by atoms with Gasteiger partial charge in [-0.25, -0.2) is 0 Å². The maximum Gasteiger partial charge on any atom is 0.306 e. The molecule has 0 saturated heterocycles. The largest absolute Gasteiger partial charge is 0.464 e. The number of hydrogen-bond acceptors (Lipinski definition) is 3. The average Bonchev–Trinajstić information content (AvgIpc) is 2.20. The SMILES string of the molecule is C=CC(=O)N(CCOC(=O)CC(C)C)C(C)(C)C. The Balaban J connectivity index is 4.26. The van der Waals surface area contributed by atoms with E-state index in [2.05, 4.69) is 6.58 Å². The summed E-state index contributed by atoms with van der Waals surface area (Å²) in [6.45, 7) is 13.8. The molecule has 0 saturated carbocycles. The zero-order valence-electron chi connectivity index (χ0n) is 12.2. The van der Waals surface area contributed by atoms with E-state index in [1.807, 2.05) is 34.6 Å². The van der Waals surface area contributed by atoms with Crippen molar-refractivity contribution in [2.45, 2.75) is 46.6 Å². The second-order valence-electron chi connectivity index (χ2n) is 5.68. The summed E-state index contributed by atoms with van der Waals surface area (Å²) in [6, 6.07) is 0. The second kappa shape index (κ2) is 7.19. The fraction of sp³-hybridized carbons (Fsp3) is 0.714. The van der Waals surface area contributed by atoms with Crippen molar-refractivity contribution in [3.05, 3.63) is 12.7 Å². The van der Waals surface area contributed by atoms with Crippen molar-refractivity contribution in [2.75, 3.05) is 13.2 Å². The highest BCUT2D eigenvalue weighted by molar-refractivity contribution is 5.87. The van der Waals surface area contributed by atoms with Crippen LogP contribution in [0.25, 0.3) is 0 Å². The summed E-state index contributed by atoms with van der Waals surface area (Å²) in [5, 5.41) is 0. The van der Waals surface area contributed by atoms with Gasteiger partial charge in [0.05, 0.1) is 6.54 Å². The Bertz CT molecular complexity index is 303. The fourth-order valence-corrected chi connectivity index (χ4v) is 1.53. The van der Waals surface area contributed by atoms with E-state index in [1.165, 1.54) is 6.08 Å². The van der Waals surface area contributed by atoms with E-state index < -0.39 is 0 Å². The lowest BCUT2D eigenvalue weighted by molar-refractivity contribution is -0.147. The Kier molecular flexibility index (Phi) is 6.66. The van der Waals surface area contributed by atoms with E-state index in [-0.39, 0.29) is 29.9 Å². The molecule has 0 aliphatic heterocycles. The molecule has 4 nitrogen and oxygen atoms in total. The molecule has 0 unspecified atom stereocenters. The summed E-state index contributed by atoms with van der Waals surface area (Å²) in [4.78, 5) is 24.7. The first kappa shape index (κ1) is 16.7. The molecule has 0 aromatic rings. The Morgan fingerprint density at radius 1 is 1.33 bits per heavy atom. The van der Waals surface area contributed by atoms with Crippen LogP contribution in [0, 0.1) is 5.92 Å². The summed E-state index contributed by atoms with van der Waals surface area (Å²) in [5.41, 5.74) is -0.310. The van der Waals surface area contributed by atoms with E-state index in [1.54, 1.807) is 4.90 Å². The third-order valence-electron chi connectivity index (χ3n) is 2.40. The van der Waals surface area contributed by atoms with Gasteiger partial charge in [0.15, 0.2) is 0 Å². The zero-order valence-corrected chi connectivity index (χ0v) is 12.2. The molecule has 0 atom stereocenters. The van der Waals surface area contributed by atoms with Crippen molar-refractivity contribution in [2.24, 2.45) is 5.92 Å². The first-order valence-electron chi connectivity index (χ1n) is 6.28. The number of nitrogens with zero attached hydrogens (tertiary/aromatic N) is 1. The molecule has 0 spiro atoms. The van der Waals surface area contributed by atoms with Crippen LogP contribution in [0.3, 0.4) is 0 Å². The van der Waals surface area contributed by atoms with Crippen LogP contribution in [0.1, 0.15) is 41.0 Å². The van der Waals surface area contributed by atoms with Crippen molar-refractivity contribution < 1.29 is 14.3 Å². The van der Waals surface area contributed by atoms with E-state index in [4.69, 9.17) is 4.74 Å². The molecule has 0 rings (SSSR count). The molecule has 0 radical (unpaired) electrons. The number of ether oxygens (including phenoxy) is 1. The van der Waals surface area contributed by atoms with Crippen LogP contribution < -0.4 is 0 Å². The summed E-state index contributed by atoms with van der Waals surface area (Å²) in [6.07, 6.45) is 1.69. The van der Waals surface area contributed by atoms with Gasteiger partial charge in [0.1, 0.15) is 6.61 Å². The molecule has 0 N–H and O–H groups in total. The predicted molar refractivity (Wildman–Crippen MR) is 72.1 cm³/mol. The number of carbonyl (C=O) groups is 2. The zero-order chi connectivity index (χ0) is 14.3. The molecule has 104 valence electrons. The minimum atomic E-state index is -0.310. The lowest BCUT2D eigenvalue weighted by Gasteiger charge is -2.34. The number of hydrogen-bond donors (Lipinski definition) is 0. The summed E-state index contributed by atoms with van der Waals surface area (Å²) >= 11 is 0. The molecule has 4 heteroatoms. The molecule has 0 fully saturated rings. The van der Waals surface area contributed by atoms with Crippen LogP contribution in [-0.2, 0) is 14.3 Å². The average molecular weight is 255 g/mol. The van der Waals surface area contributed by atoms with E-state index in [0.717, 1.165) is 0 Å². The Morgan fingerprint density at radius 2 is 1.89 bits per heavy atom. The molecular formula is C14H25NO3. The fourth-order valence-electron chi connectivity index (χ4n) is 1.53. The van der Waals surface area contributed by atoms with Gasteiger partial charge in [0.25, 0.3) is 0 Å². The maximum atomic E-state index is 11.7. The molecule has 0 bridgehead atoms. The van der Waals surface area contributed by atoms with Gasteiger partial charge in [-0.1, -0.05) is 20.4 Å². The number of carbonyl (C=O) groups excluding carboxylic acids is 2. The van der Waals surface area contributed by atoms with Crippen molar-refractivity contribution in [1.82, 2.24) is 4.90 Å². The first-order valence-corrected chi connectivity index (χ1v) is 6.28. The molecule has 0 aliphatic rings. The van der Waals surface area contributed by atoms with Crippen LogP contribution >= 0.6 is 0 Å². The number of rotatable bonds is 6. The van der Waals surface area contributed by atoms with Crippen molar-refractivity contribution in [1.29, 1.82) is 0 Å². The first-order chi connectivity index (χ1) is 8.18. The second-order valence-corrected chi connectivity index (χ2v) is 5.68. The monoisotopic (exact) mass is 255 g/mol. The Hall–Kier alpha value is -1.32. The van der Waals surface area contributed by atoms with E-state index >= 15 is 0 Å². The highest BCUT2D eigenvalue weighted by Gasteiger charge is 2.24. The summed E-state index contributed by atoms with van der Waals surface area (Å²) < 4.78 is 5.11. The molecule has 18 heavy (non-hydrogen) atoms. The molecular weight excluding hydrogens is 230 g/mol. The van der Waals surface area contributed by atoms with Crippen molar-refractivity contribution >= 4 is 11.9 Å². The van der Waals surface area contributed by atoms with Crippen LogP contribution in [0.4, 0.5) is 0 Å². The topological polar surface area (TPSA) is 46.6 Å². The van der Waals surface area contributed by atoms with Crippen molar-refractivity contribution in [3.8, 4) is 0 Å². The van der Waals surface area contributed by atoms with Gasteiger partial charge in [-0.15, -0.1) is 0 Å². The van der Waals surface area contributed by atoms with Gasteiger partial charge in [0, 0.05) is 12.0 Å². The third-order valence-corrected chi connectivity index (χ3v) is 2.40. The molecule has 0 aliphatic carbocycles. The van der Waals surface area contributed by atoms with Gasteiger partial charge in [-0.3, -0.25) is 9.59 Å². The molecule has 0 heterocycles. The predicted octanol–water partition coefficient (Wildman–Crippen LogP) is 2.39. The minimum absolute atomic E-state index is 0.151. The Morgan fingerprint density at radius 3 is 2.28 bits per heavy atom. The standard InChI is InChI=1S/C14H25NO3/c1-7-12(16)15(14(4,5)6)8-9-18-13(17)10-11(2)3/h7,11H,1,8-10H2,2-6H3. The maximum absolute atomic E-state index is 11.7. The smallest absolute Gasteiger partial charge is 0.306 e. The quantitative estimate of drug-likeness (QED) is 0.541. The molecule has 1 amide bonds. The van der Waals surface area contributed by atoms with Crippen LogP contribution in [0.5, 0.6) is 0 Å². The lowest BCUT2D eigenvalue weighted by Crippen LogP contribution is -2.46. The van der Waals surface area contributed by atoms with Crippen LogP contribution in [0.15, 0.2) is 12.7 Å². The third kappa shape index (κ3) is 6.42. The van der Waals surface area contributed by atoms with Gasteiger partial charge in [-0.2, -0.15) is 0 Å². The van der Waals surface area contributed by atoms with Gasteiger partial charge < -0.3 is 9.64 Å². The van der Waals surface area contributed by atoms with Crippen LogP contribution in [-0.4, -0.2) is 35.5 Å². The number of esters is 1. The molecule has 0 aromatic heterocycles. The van der Waals surface area contributed by atoms with Crippen LogP contribution in [0.2, 0.25) is 0 Å². The lowest BCUT2D eigenvalue weighted by atomic mass is 10.1. The molecule has 0 aromatic carbocycles.